The zero-order valence-electron chi connectivity index (χ0n) is 14.0. The molecule has 0 N–H and O–H groups in total. The Morgan fingerprint density at radius 1 is 1.12 bits per heavy atom. The maximum atomic E-state index is 13.1. The van der Waals surface area contributed by atoms with Crippen molar-refractivity contribution in [3.05, 3.63) is 71.4 Å². The highest BCUT2D eigenvalue weighted by Crippen LogP contribution is 2.28. The number of rotatable bonds is 6. The zero-order valence-corrected chi connectivity index (χ0v) is 14.8. The second kappa shape index (κ2) is 8.03. The van der Waals surface area contributed by atoms with Gasteiger partial charge in [0.25, 0.3) is 0 Å². The molecule has 2 aromatic carbocycles. The van der Waals surface area contributed by atoms with E-state index in [1.165, 1.54) is 29.0 Å². The number of hydrogen-bond acceptors (Lipinski definition) is 3. The monoisotopic (exact) mass is 354 g/mol. The van der Waals surface area contributed by atoms with Crippen molar-refractivity contribution in [1.29, 1.82) is 0 Å². The third-order valence-electron chi connectivity index (χ3n) is 3.93. The highest BCUT2D eigenvalue weighted by atomic mass is 32.1. The van der Waals surface area contributed by atoms with Gasteiger partial charge in [-0.25, -0.2) is 9.37 Å². The summed E-state index contributed by atoms with van der Waals surface area (Å²) in [7, 11) is 0. The number of hydrogen-bond donors (Lipinski definition) is 0. The molecule has 1 amide bonds. The van der Waals surface area contributed by atoms with Gasteiger partial charge >= 0.3 is 0 Å². The Bertz CT molecular complexity index is 830. The van der Waals surface area contributed by atoms with Crippen LogP contribution in [0.3, 0.4) is 0 Å². The average Bonchev–Trinajstić information content (AvgIpc) is 3.13. The normalized spacial score (nSPS) is 10.6. The summed E-state index contributed by atoms with van der Waals surface area (Å²) in [6.45, 7) is 2.44. The summed E-state index contributed by atoms with van der Waals surface area (Å²) in [4.78, 5) is 18.7. The molecule has 0 saturated carbocycles. The Kier molecular flexibility index (Phi) is 5.56. The van der Waals surface area contributed by atoms with Gasteiger partial charge in [-0.2, -0.15) is 0 Å². The molecule has 5 heteroatoms. The van der Waals surface area contributed by atoms with Gasteiger partial charge in [-0.05, 0) is 36.2 Å². The van der Waals surface area contributed by atoms with Crippen molar-refractivity contribution in [2.24, 2.45) is 0 Å². The number of benzene rings is 2. The van der Waals surface area contributed by atoms with Gasteiger partial charge in [0.05, 0.1) is 5.69 Å². The summed E-state index contributed by atoms with van der Waals surface area (Å²) < 4.78 is 13.1. The van der Waals surface area contributed by atoms with E-state index in [0.717, 1.165) is 17.7 Å². The molecule has 0 spiro atoms. The molecule has 0 aliphatic carbocycles. The van der Waals surface area contributed by atoms with Crippen molar-refractivity contribution < 1.29 is 9.18 Å². The van der Waals surface area contributed by atoms with Gasteiger partial charge in [0, 0.05) is 23.9 Å². The minimum Gasteiger partial charge on any atom is -0.288 e. The molecule has 3 rings (SSSR count). The van der Waals surface area contributed by atoms with E-state index in [1.807, 2.05) is 30.5 Å². The Hall–Kier alpha value is -2.53. The molecule has 0 saturated heterocycles. The largest absolute Gasteiger partial charge is 0.288 e. The fourth-order valence-electron chi connectivity index (χ4n) is 2.54. The summed E-state index contributed by atoms with van der Waals surface area (Å²) in [5.41, 5.74) is 2.79. The van der Waals surface area contributed by atoms with Gasteiger partial charge in [0.1, 0.15) is 5.82 Å². The standard InChI is InChI=1S/C20H19FN2OS/c1-2-19(24)23(13-12-15-6-4-3-5-7-15)20-22-18(14-25-20)16-8-10-17(21)11-9-16/h3-11,14H,2,12-13H2,1H3. The van der Waals surface area contributed by atoms with Crippen molar-refractivity contribution >= 4 is 22.4 Å². The lowest BCUT2D eigenvalue weighted by molar-refractivity contribution is -0.118. The van der Waals surface area contributed by atoms with E-state index >= 15 is 0 Å². The first-order valence-corrected chi connectivity index (χ1v) is 9.11. The minimum atomic E-state index is -0.273. The van der Waals surface area contributed by atoms with Gasteiger partial charge in [0.2, 0.25) is 5.91 Å². The van der Waals surface area contributed by atoms with E-state index in [-0.39, 0.29) is 11.7 Å². The zero-order chi connectivity index (χ0) is 17.6. The molecule has 1 heterocycles. The summed E-state index contributed by atoms with van der Waals surface area (Å²) in [5, 5.41) is 2.59. The van der Waals surface area contributed by atoms with Crippen LogP contribution >= 0.6 is 11.3 Å². The first-order valence-electron chi connectivity index (χ1n) is 8.23. The van der Waals surface area contributed by atoms with E-state index in [9.17, 15) is 9.18 Å². The average molecular weight is 354 g/mol. The lowest BCUT2D eigenvalue weighted by Crippen LogP contribution is -2.32. The summed E-state index contributed by atoms with van der Waals surface area (Å²) in [5.74, 6) is -0.221. The number of anilines is 1. The van der Waals surface area contributed by atoms with Crippen molar-refractivity contribution in [2.45, 2.75) is 19.8 Å². The highest BCUT2D eigenvalue weighted by Gasteiger charge is 2.18. The quantitative estimate of drug-likeness (QED) is 0.628. The highest BCUT2D eigenvalue weighted by molar-refractivity contribution is 7.14. The SMILES string of the molecule is CCC(=O)N(CCc1ccccc1)c1nc(-c2ccc(F)cc2)cs1. The second-order valence-corrected chi connectivity index (χ2v) is 6.49. The van der Waals surface area contributed by atoms with Crippen LogP contribution in [0.2, 0.25) is 0 Å². The maximum absolute atomic E-state index is 13.1. The van der Waals surface area contributed by atoms with Crippen LogP contribution < -0.4 is 4.90 Å². The molecule has 128 valence electrons. The molecule has 0 bridgehead atoms. The lowest BCUT2D eigenvalue weighted by atomic mass is 10.1. The third kappa shape index (κ3) is 4.31. The predicted molar refractivity (Wildman–Crippen MR) is 100 cm³/mol. The number of aromatic nitrogens is 1. The number of amides is 1. The molecule has 0 unspecified atom stereocenters. The number of thiazole rings is 1. The second-order valence-electron chi connectivity index (χ2n) is 5.66. The van der Waals surface area contributed by atoms with E-state index in [2.05, 4.69) is 17.1 Å². The summed E-state index contributed by atoms with van der Waals surface area (Å²) >= 11 is 1.44. The molecule has 0 aliphatic heterocycles. The van der Waals surface area contributed by atoms with E-state index < -0.39 is 0 Å². The Morgan fingerprint density at radius 2 is 1.84 bits per heavy atom. The molecule has 25 heavy (non-hydrogen) atoms. The first-order chi connectivity index (χ1) is 12.2. The maximum Gasteiger partial charge on any atom is 0.228 e. The van der Waals surface area contributed by atoms with Crippen LogP contribution in [0, 0.1) is 5.82 Å². The molecular weight excluding hydrogens is 335 g/mol. The van der Waals surface area contributed by atoms with Gasteiger partial charge < -0.3 is 0 Å². The van der Waals surface area contributed by atoms with E-state index in [4.69, 9.17) is 0 Å². The van der Waals surface area contributed by atoms with Crippen LogP contribution in [-0.2, 0) is 11.2 Å². The van der Waals surface area contributed by atoms with Crippen LogP contribution in [0.4, 0.5) is 9.52 Å². The van der Waals surface area contributed by atoms with Crippen molar-refractivity contribution in [3.63, 3.8) is 0 Å². The topological polar surface area (TPSA) is 33.2 Å². The van der Waals surface area contributed by atoms with E-state index in [0.29, 0.717) is 18.1 Å². The van der Waals surface area contributed by atoms with Gasteiger partial charge in [-0.15, -0.1) is 11.3 Å². The molecule has 0 aliphatic rings. The van der Waals surface area contributed by atoms with Crippen LogP contribution in [0.1, 0.15) is 18.9 Å². The summed E-state index contributed by atoms with van der Waals surface area (Å²) in [6.07, 6.45) is 1.21. The molecule has 0 radical (unpaired) electrons. The molecular formula is C20H19FN2OS. The number of carbonyl (C=O) groups is 1. The number of nitrogens with zero attached hydrogens (tertiary/aromatic N) is 2. The van der Waals surface area contributed by atoms with Crippen LogP contribution in [-0.4, -0.2) is 17.4 Å². The molecule has 0 fully saturated rings. The molecule has 0 atom stereocenters. The third-order valence-corrected chi connectivity index (χ3v) is 4.80. The van der Waals surface area contributed by atoms with Crippen LogP contribution in [0.5, 0.6) is 0 Å². The van der Waals surface area contributed by atoms with Crippen molar-refractivity contribution in [2.75, 3.05) is 11.4 Å². The number of carbonyl (C=O) groups excluding carboxylic acids is 1. The van der Waals surface area contributed by atoms with Crippen molar-refractivity contribution in [3.8, 4) is 11.3 Å². The number of halogens is 1. The Labute approximate surface area is 150 Å². The predicted octanol–water partition coefficient (Wildman–Crippen LogP) is 4.93. The lowest BCUT2D eigenvalue weighted by Gasteiger charge is -2.19. The smallest absolute Gasteiger partial charge is 0.228 e. The first kappa shape index (κ1) is 17.3. The van der Waals surface area contributed by atoms with E-state index in [1.54, 1.807) is 17.0 Å². The summed E-state index contributed by atoms with van der Waals surface area (Å²) in [6, 6.07) is 16.3. The Balaban J connectivity index is 1.79. The Morgan fingerprint density at radius 3 is 2.52 bits per heavy atom. The fourth-order valence-corrected chi connectivity index (χ4v) is 3.42. The van der Waals surface area contributed by atoms with Gasteiger partial charge in [-0.3, -0.25) is 9.69 Å². The van der Waals surface area contributed by atoms with Gasteiger partial charge in [-0.1, -0.05) is 37.3 Å². The minimum absolute atomic E-state index is 0.0518. The fraction of sp³-hybridized carbons (Fsp3) is 0.200. The molecule has 3 nitrogen and oxygen atoms in total. The van der Waals surface area contributed by atoms with Gasteiger partial charge in [0.15, 0.2) is 5.13 Å². The van der Waals surface area contributed by atoms with Crippen LogP contribution in [0.25, 0.3) is 11.3 Å². The van der Waals surface area contributed by atoms with Crippen LogP contribution in [0.15, 0.2) is 60.0 Å². The van der Waals surface area contributed by atoms with Crippen molar-refractivity contribution in [1.82, 2.24) is 4.98 Å². The molecule has 1 aromatic heterocycles. The molecule has 3 aromatic rings.